The van der Waals surface area contributed by atoms with Crippen molar-refractivity contribution in [2.24, 2.45) is 0 Å². The van der Waals surface area contributed by atoms with E-state index in [1.165, 1.54) is 15.9 Å². The molecule has 3 heterocycles. The fourth-order valence-electron chi connectivity index (χ4n) is 2.27. The third kappa shape index (κ3) is 2.87. The van der Waals surface area contributed by atoms with E-state index in [4.69, 9.17) is 0 Å². The summed E-state index contributed by atoms with van der Waals surface area (Å²) in [6.45, 7) is 0. The van der Waals surface area contributed by atoms with Gasteiger partial charge in [-0.3, -0.25) is 9.78 Å². The first-order valence-corrected chi connectivity index (χ1v) is 8.16. The molecule has 0 radical (unpaired) electrons. The van der Waals surface area contributed by atoms with Crippen molar-refractivity contribution in [2.75, 3.05) is 0 Å². The van der Waals surface area contributed by atoms with Crippen LogP contribution < -0.4 is 10.1 Å². The summed E-state index contributed by atoms with van der Waals surface area (Å²) in [5, 5.41) is 4.27. The molecule has 0 spiro atoms. The minimum Gasteiger partial charge on any atom is -0.266 e. The average Bonchev–Trinajstić information content (AvgIpc) is 3.15. The zero-order valence-electron chi connectivity index (χ0n) is 12.5. The topological polar surface area (TPSA) is 60.2 Å². The van der Waals surface area contributed by atoms with Gasteiger partial charge < -0.3 is 0 Å². The molecule has 6 heteroatoms. The molecule has 0 N–H and O–H groups in total. The van der Waals surface area contributed by atoms with Crippen LogP contribution in [0.1, 0.15) is 17.0 Å². The van der Waals surface area contributed by atoms with E-state index in [-0.39, 0.29) is 5.56 Å². The van der Waals surface area contributed by atoms with E-state index in [2.05, 4.69) is 15.1 Å². The first kappa shape index (κ1) is 14.5. The van der Waals surface area contributed by atoms with Gasteiger partial charge in [0.2, 0.25) is 4.96 Å². The number of thiazole rings is 1. The Morgan fingerprint density at radius 3 is 2.58 bits per heavy atom. The van der Waals surface area contributed by atoms with Crippen molar-refractivity contribution in [2.45, 2.75) is 0 Å². The minimum absolute atomic E-state index is 0.161. The fourth-order valence-corrected chi connectivity index (χ4v) is 3.18. The number of nitrogens with zero attached hydrogens (tertiary/aromatic N) is 4. The second kappa shape index (κ2) is 6.17. The van der Waals surface area contributed by atoms with Crippen molar-refractivity contribution in [3.63, 3.8) is 0 Å². The molecule has 0 aliphatic heterocycles. The van der Waals surface area contributed by atoms with Crippen molar-refractivity contribution in [3.8, 4) is 0 Å². The zero-order valence-corrected chi connectivity index (χ0v) is 13.4. The lowest BCUT2D eigenvalue weighted by Crippen LogP contribution is -2.23. The lowest BCUT2D eigenvalue weighted by Gasteiger charge is -1.89. The maximum atomic E-state index is 12.4. The number of fused-ring (bicyclic) bond motifs is 1. The SMILES string of the molecule is O=c1/c(=C/c2cccnc2)sc2nc(/C=C/c3ccccc3)nn12. The van der Waals surface area contributed by atoms with Crippen LogP contribution in [0.4, 0.5) is 0 Å². The van der Waals surface area contributed by atoms with Crippen molar-refractivity contribution >= 4 is 34.5 Å². The molecule has 0 amide bonds. The van der Waals surface area contributed by atoms with E-state index in [9.17, 15) is 4.79 Å². The maximum Gasteiger partial charge on any atom is 0.291 e. The molecule has 4 aromatic rings. The lowest BCUT2D eigenvalue weighted by atomic mass is 10.2. The van der Waals surface area contributed by atoms with Gasteiger partial charge >= 0.3 is 0 Å². The summed E-state index contributed by atoms with van der Waals surface area (Å²) >= 11 is 1.32. The van der Waals surface area contributed by atoms with Gasteiger partial charge in [0.15, 0.2) is 5.82 Å². The predicted molar refractivity (Wildman–Crippen MR) is 95.5 cm³/mol. The van der Waals surface area contributed by atoms with Gasteiger partial charge in [-0.05, 0) is 29.3 Å². The van der Waals surface area contributed by atoms with Crippen LogP contribution in [-0.2, 0) is 0 Å². The first-order valence-electron chi connectivity index (χ1n) is 7.34. The first-order chi connectivity index (χ1) is 11.8. The van der Waals surface area contributed by atoms with Crippen molar-refractivity contribution in [1.82, 2.24) is 19.6 Å². The van der Waals surface area contributed by atoms with E-state index in [1.54, 1.807) is 24.5 Å². The van der Waals surface area contributed by atoms with Gasteiger partial charge in [-0.25, -0.2) is 0 Å². The second-order valence-electron chi connectivity index (χ2n) is 5.11. The Kier molecular flexibility index (Phi) is 3.72. The van der Waals surface area contributed by atoms with Gasteiger partial charge in [0.05, 0.1) is 4.53 Å². The second-order valence-corrected chi connectivity index (χ2v) is 6.12. The standard InChI is InChI=1S/C18H12N4OS/c23-17-15(11-14-7-4-10-19-12-14)24-18-20-16(21-22(17)18)9-8-13-5-2-1-3-6-13/h1-12H/b9-8+,15-11-. The Morgan fingerprint density at radius 2 is 1.83 bits per heavy atom. The summed E-state index contributed by atoms with van der Waals surface area (Å²) in [5.41, 5.74) is 1.78. The molecular weight excluding hydrogens is 320 g/mol. The summed E-state index contributed by atoms with van der Waals surface area (Å²) in [6, 6.07) is 13.6. The fraction of sp³-hybridized carbons (Fsp3) is 0. The number of rotatable bonds is 3. The summed E-state index contributed by atoms with van der Waals surface area (Å²) in [5.74, 6) is 0.523. The Bertz CT molecular complexity index is 1110. The molecule has 5 nitrogen and oxygen atoms in total. The molecule has 0 saturated heterocycles. The summed E-state index contributed by atoms with van der Waals surface area (Å²) in [7, 11) is 0. The summed E-state index contributed by atoms with van der Waals surface area (Å²) in [6.07, 6.45) is 8.94. The van der Waals surface area contributed by atoms with Gasteiger partial charge in [0, 0.05) is 12.4 Å². The molecular formula is C18H12N4OS. The number of hydrogen-bond donors (Lipinski definition) is 0. The normalized spacial score (nSPS) is 12.4. The monoisotopic (exact) mass is 332 g/mol. The maximum absolute atomic E-state index is 12.4. The van der Waals surface area contributed by atoms with Crippen molar-refractivity contribution in [3.05, 3.63) is 86.7 Å². The minimum atomic E-state index is -0.161. The highest BCUT2D eigenvalue weighted by atomic mass is 32.1. The molecule has 0 aliphatic rings. The van der Waals surface area contributed by atoms with E-state index in [0.29, 0.717) is 15.3 Å². The van der Waals surface area contributed by atoms with Crippen LogP contribution in [0.25, 0.3) is 23.2 Å². The third-order valence-electron chi connectivity index (χ3n) is 3.40. The average molecular weight is 332 g/mol. The Morgan fingerprint density at radius 1 is 1.00 bits per heavy atom. The molecule has 0 aliphatic carbocycles. The Hall–Kier alpha value is -3.12. The highest BCUT2D eigenvalue weighted by Crippen LogP contribution is 2.07. The molecule has 3 aromatic heterocycles. The van der Waals surface area contributed by atoms with E-state index >= 15 is 0 Å². The van der Waals surface area contributed by atoms with E-state index in [1.807, 2.05) is 48.5 Å². The van der Waals surface area contributed by atoms with Crippen LogP contribution in [0, 0.1) is 0 Å². The predicted octanol–water partition coefficient (Wildman–Crippen LogP) is 2.26. The number of benzene rings is 1. The van der Waals surface area contributed by atoms with Gasteiger partial charge in [-0.1, -0.05) is 53.8 Å². The van der Waals surface area contributed by atoms with Gasteiger partial charge in [0.25, 0.3) is 5.56 Å². The zero-order chi connectivity index (χ0) is 16.4. The molecule has 4 rings (SSSR count). The smallest absolute Gasteiger partial charge is 0.266 e. The number of hydrogen-bond acceptors (Lipinski definition) is 5. The molecule has 24 heavy (non-hydrogen) atoms. The van der Waals surface area contributed by atoms with Gasteiger partial charge in [-0.15, -0.1) is 5.10 Å². The van der Waals surface area contributed by atoms with Crippen LogP contribution >= 0.6 is 11.3 Å². The summed E-state index contributed by atoms with van der Waals surface area (Å²) in [4.78, 5) is 21.4. The van der Waals surface area contributed by atoms with Crippen molar-refractivity contribution < 1.29 is 0 Å². The van der Waals surface area contributed by atoms with Crippen LogP contribution in [0.15, 0.2) is 59.7 Å². The summed E-state index contributed by atoms with van der Waals surface area (Å²) < 4.78 is 1.94. The molecule has 0 fully saturated rings. The number of pyridine rings is 1. The van der Waals surface area contributed by atoms with Crippen LogP contribution in [0.2, 0.25) is 0 Å². The lowest BCUT2D eigenvalue weighted by molar-refractivity contribution is 0.925. The van der Waals surface area contributed by atoms with E-state index in [0.717, 1.165) is 11.1 Å². The van der Waals surface area contributed by atoms with Crippen LogP contribution in [0.3, 0.4) is 0 Å². The molecule has 1 aromatic carbocycles. The molecule has 0 unspecified atom stereocenters. The van der Waals surface area contributed by atoms with E-state index < -0.39 is 0 Å². The molecule has 0 bridgehead atoms. The third-order valence-corrected chi connectivity index (χ3v) is 4.36. The van der Waals surface area contributed by atoms with Crippen LogP contribution in [-0.4, -0.2) is 19.6 Å². The highest BCUT2D eigenvalue weighted by Gasteiger charge is 2.08. The number of aromatic nitrogens is 4. The van der Waals surface area contributed by atoms with Crippen LogP contribution in [0.5, 0.6) is 0 Å². The Balaban J connectivity index is 1.70. The largest absolute Gasteiger partial charge is 0.291 e. The van der Waals surface area contributed by atoms with Gasteiger partial charge in [-0.2, -0.15) is 9.50 Å². The van der Waals surface area contributed by atoms with Crippen molar-refractivity contribution in [1.29, 1.82) is 0 Å². The Labute approximate surface area is 141 Å². The molecule has 116 valence electrons. The molecule has 0 saturated carbocycles. The quantitative estimate of drug-likeness (QED) is 0.577. The molecule has 0 atom stereocenters. The van der Waals surface area contributed by atoms with Gasteiger partial charge in [0.1, 0.15) is 0 Å². The highest BCUT2D eigenvalue weighted by molar-refractivity contribution is 7.15.